The van der Waals surface area contributed by atoms with Crippen LogP contribution < -0.4 is 5.32 Å². The van der Waals surface area contributed by atoms with Gasteiger partial charge >= 0.3 is 6.09 Å². The summed E-state index contributed by atoms with van der Waals surface area (Å²) in [6.45, 7) is 4.76. The lowest BCUT2D eigenvalue weighted by atomic mass is 10.1. The van der Waals surface area contributed by atoms with Gasteiger partial charge in [0.2, 0.25) is 0 Å². The average Bonchev–Trinajstić information content (AvgIpc) is 2.29. The van der Waals surface area contributed by atoms with Crippen molar-refractivity contribution in [1.82, 2.24) is 5.32 Å². The van der Waals surface area contributed by atoms with Crippen molar-refractivity contribution in [3.05, 3.63) is 33.0 Å². The molecule has 0 heterocycles. The van der Waals surface area contributed by atoms with Gasteiger partial charge in [-0.1, -0.05) is 27.5 Å². The molecule has 0 radical (unpaired) electrons. The van der Waals surface area contributed by atoms with Crippen LogP contribution in [0.5, 0.6) is 0 Å². The van der Waals surface area contributed by atoms with E-state index in [2.05, 4.69) is 21.2 Å². The molecule has 0 aliphatic heterocycles. The first-order valence-electron chi connectivity index (χ1n) is 5.89. The molecule has 1 rings (SSSR count). The molecule has 0 bridgehead atoms. The van der Waals surface area contributed by atoms with Crippen LogP contribution >= 0.6 is 27.5 Å². The van der Waals surface area contributed by atoms with Gasteiger partial charge in [0.1, 0.15) is 11.4 Å². The fourth-order valence-corrected chi connectivity index (χ4v) is 2.39. The highest BCUT2D eigenvalue weighted by molar-refractivity contribution is 9.10. The van der Waals surface area contributed by atoms with Crippen molar-refractivity contribution in [3.8, 4) is 0 Å². The molecule has 1 aromatic rings. The molecule has 4 nitrogen and oxygen atoms in total. The van der Waals surface area contributed by atoms with E-state index in [1.807, 2.05) is 0 Å². The van der Waals surface area contributed by atoms with Gasteiger partial charge in [0.15, 0.2) is 0 Å². The van der Waals surface area contributed by atoms with Crippen molar-refractivity contribution in [3.63, 3.8) is 0 Å². The number of carbonyl (C=O) groups excluding carboxylic acids is 1. The van der Waals surface area contributed by atoms with Crippen LogP contribution in [0.2, 0.25) is 5.02 Å². The van der Waals surface area contributed by atoms with E-state index in [0.717, 1.165) is 6.07 Å². The van der Waals surface area contributed by atoms with Crippen LogP contribution in [0.25, 0.3) is 0 Å². The van der Waals surface area contributed by atoms with Gasteiger partial charge in [-0.2, -0.15) is 0 Å². The Hall–Kier alpha value is -0.850. The van der Waals surface area contributed by atoms with Gasteiger partial charge in [-0.15, -0.1) is 0 Å². The van der Waals surface area contributed by atoms with Crippen molar-refractivity contribution in [2.75, 3.05) is 6.61 Å². The summed E-state index contributed by atoms with van der Waals surface area (Å²) in [4.78, 5) is 11.7. The maximum Gasteiger partial charge on any atom is 0.408 e. The van der Waals surface area contributed by atoms with Crippen molar-refractivity contribution in [1.29, 1.82) is 0 Å². The molecule has 0 unspecified atom stereocenters. The van der Waals surface area contributed by atoms with Gasteiger partial charge in [-0.25, -0.2) is 9.18 Å². The molecule has 112 valence electrons. The number of ether oxygens (including phenoxy) is 1. The fourth-order valence-electron chi connectivity index (χ4n) is 1.48. The Morgan fingerprint density at radius 3 is 2.65 bits per heavy atom. The normalized spacial score (nSPS) is 12.9. The summed E-state index contributed by atoms with van der Waals surface area (Å²) in [5, 5.41) is 11.8. The van der Waals surface area contributed by atoms with Gasteiger partial charge in [-0.05, 0) is 38.5 Å². The number of aliphatic hydroxyl groups is 1. The Bertz CT molecular complexity index is 505. The number of alkyl carbamates (subject to hydrolysis) is 1. The number of hydrogen-bond acceptors (Lipinski definition) is 3. The number of amides is 1. The number of hydrogen-bond donors (Lipinski definition) is 2. The first-order chi connectivity index (χ1) is 9.14. The minimum absolute atomic E-state index is 0.0467. The molecule has 0 fully saturated rings. The lowest BCUT2D eigenvalue weighted by Gasteiger charge is -2.23. The van der Waals surface area contributed by atoms with Crippen LogP contribution in [0.1, 0.15) is 32.4 Å². The molecule has 1 atom stereocenters. The van der Waals surface area contributed by atoms with Crippen LogP contribution in [-0.4, -0.2) is 23.4 Å². The molecule has 20 heavy (non-hydrogen) atoms. The van der Waals surface area contributed by atoms with E-state index in [4.69, 9.17) is 16.3 Å². The van der Waals surface area contributed by atoms with Gasteiger partial charge in [0.25, 0.3) is 0 Å². The number of benzene rings is 1. The molecular formula is C13H16BrClFNO3. The first kappa shape index (κ1) is 17.2. The van der Waals surface area contributed by atoms with Gasteiger partial charge < -0.3 is 15.2 Å². The molecule has 0 aliphatic rings. The molecule has 0 aliphatic carbocycles. The Balaban J connectivity index is 2.92. The maximum atomic E-state index is 13.5. The van der Waals surface area contributed by atoms with Crippen molar-refractivity contribution in [2.24, 2.45) is 0 Å². The number of carbonyl (C=O) groups is 1. The van der Waals surface area contributed by atoms with Crippen LogP contribution in [0.4, 0.5) is 9.18 Å². The van der Waals surface area contributed by atoms with Crippen LogP contribution in [0, 0.1) is 5.82 Å². The predicted octanol–water partition coefficient (Wildman–Crippen LogP) is 3.80. The number of aliphatic hydroxyl groups excluding tert-OH is 1. The zero-order valence-electron chi connectivity index (χ0n) is 11.3. The van der Waals surface area contributed by atoms with E-state index in [0.29, 0.717) is 10.0 Å². The van der Waals surface area contributed by atoms with Crippen LogP contribution in [-0.2, 0) is 4.74 Å². The third-order valence-corrected chi connectivity index (χ3v) is 3.26. The lowest BCUT2D eigenvalue weighted by Crippen LogP contribution is -2.36. The summed E-state index contributed by atoms with van der Waals surface area (Å²) >= 11 is 8.87. The average molecular weight is 369 g/mol. The van der Waals surface area contributed by atoms with Crippen molar-refractivity contribution < 1.29 is 19.0 Å². The Kier molecular flexibility index (Phi) is 5.79. The zero-order chi connectivity index (χ0) is 15.5. The highest BCUT2D eigenvalue weighted by Gasteiger charge is 2.22. The monoisotopic (exact) mass is 367 g/mol. The summed E-state index contributed by atoms with van der Waals surface area (Å²) in [6.07, 6.45) is -0.696. The van der Waals surface area contributed by atoms with Crippen molar-refractivity contribution >= 4 is 33.6 Å². The quantitative estimate of drug-likeness (QED) is 0.798. The summed E-state index contributed by atoms with van der Waals surface area (Å²) in [5.74, 6) is -0.630. The molecule has 0 saturated heterocycles. The summed E-state index contributed by atoms with van der Waals surface area (Å²) < 4.78 is 19.1. The maximum absolute atomic E-state index is 13.5. The SMILES string of the molecule is CC(C)(C)OC(=O)N[C@@H](CO)c1cc(F)c(Cl)cc1Br. The third kappa shape index (κ3) is 4.92. The second kappa shape index (κ2) is 6.74. The van der Waals surface area contributed by atoms with E-state index in [-0.39, 0.29) is 5.02 Å². The molecule has 1 amide bonds. The third-order valence-electron chi connectivity index (χ3n) is 2.29. The highest BCUT2D eigenvalue weighted by Crippen LogP contribution is 2.29. The van der Waals surface area contributed by atoms with E-state index >= 15 is 0 Å². The van der Waals surface area contributed by atoms with Crippen molar-refractivity contribution in [2.45, 2.75) is 32.4 Å². The number of rotatable bonds is 3. The van der Waals surface area contributed by atoms with E-state index in [1.165, 1.54) is 6.07 Å². The molecule has 1 aromatic carbocycles. The van der Waals surface area contributed by atoms with E-state index in [9.17, 15) is 14.3 Å². The first-order valence-corrected chi connectivity index (χ1v) is 7.06. The second-order valence-electron chi connectivity index (χ2n) is 5.17. The fraction of sp³-hybridized carbons (Fsp3) is 0.462. The Morgan fingerprint density at radius 2 is 2.15 bits per heavy atom. The Labute approximate surface area is 130 Å². The smallest absolute Gasteiger partial charge is 0.408 e. The number of nitrogens with one attached hydrogen (secondary N) is 1. The highest BCUT2D eigenvalue weighted by atomic mass is 79.9. The summed E-state index contributed by atoms with van der Waals surface area (Å²) in [6, 6.07) is 1.72. The van der Waals surface area contributed by atoms with Gasteiger partial charge in [0.05, 0.1) is 17.7 Å². The van der Waals surface area contributed by atoms with Crippen LogP contribution in [0.15, 0.2) is 16.6 Å². The topological polar surface area (TPSA) is 58.6 Å². The second-order valence-corrected chi connectivity index (χ2v) is 6.43. The number of halogens is 3. The molecule has 7 heteroatoms. The lowest BCUT2D eigenvalue weighted by molar-refractivity contribution is 0.0481. The van der Waals surface area contributed by atoms with Gasteiger partial charge in [-0.3, -0.25) is 0 Å². The summed E-state index contributed by atoms with van der Waals surface area (Å²) in [5.41, 5.74) is -0.285. The largest absolute Gasteiger partial charge is 0.444 e. The van der Waals surface area contributed by atoms with Crippen LogP contribution in [0.3, 0.4) is 0 Å². The molecule has 0 aromatic heterocycles. The standard InChI is InChI=1S/C13H16BrClFNO3/c1-13(2,3)20-12(19)17-11(6-18)7-4-10(16)9(15)5-8(7)14/h4-5,11,18H,6H2,1-3H3,(H,17,19)/t11-/m0/s1. The minimum atomic E-state index is -0.800. The van der Waals surface area contributed by atoms with Gasteiger partial charge in [0, 0.05) is 4.47 Å². The molecule has 0 saturated carbocycles. The minimum Gasteiger partial charge on any atom is -0.444 e. The zero-order valence-corrected chi connectivity index (χ0v) is 13.7. The molecule has 2 N–H and O–H groups in total. The molecular weight excluding hydrogens is 353 g/mol. The van der Waals surface area contributed by atoms with E-state index < -0.39 is 30.2 Å². The summed E-state index contributed by atoms with van der Waals surface area (Å²) in [7, 11) is 0. The predicted molar refractivity (Wildman–Crippen MR) is 78.3 cm³/mol. The van der Waals surface area contributed by atoms with E-state index in [1.54, 1.807) is 20.8 Å². The molecule has 0 spiro atoms. The Morgan fingerprint density at radius 1 is 1.55 bits per heavy atom.